The van der Waals surface area contributed by atoms with Crippen molar-refractivity contribution < 1.29 is 4.74 Å². The van der Waals surface area contributed by atoms with Gasteiger partial charge in [-0.25, -0.2) is 0 Å². The van der Waals surface area contributed by atoms with E-state index in [0.717, 1.165) is 16.9 Å². The summed E-state index contributed by atoms with van der Waals surface area (Å²) in [7, 11) is 0. The van der Waals surface area contributed by atoms with E-state index in [-0.39, 0.29) is 0 Å². The molecule has 2 aromatic rings. The molecular weight excluding hydrogens is 255 g/mol. The van der Waals surface area contributed by atoms with Crippen LogP contribution in [0.3, 0.4) is 0 Å². The molecule has 0 unspecified atom stereocenters. The van der Waals surface area contributed by atoms with Crippen molar-refractivity contribution in [3.05, 3.63) is 63.6 Å². The molecule has 3 heteroatoms. The van der Waals surface area contributed by atoms with Crippen LogP contribution >= 0.6 is 23.2 Å². The van der Waals surface area contributed by atoms with Gasteiger partial charge in [0, 0.05) is 0 Å². The quantitative estimate of drug-likeness (QED) is 0.770. The predicted octanol–water partition coefficient (Wildman–Crippen LogP) is 4.88. The summed E-state index contributed by atoms with van der Waals surface area (Å²) < 4.78 is 5.72. The minimum Gasteiger partial charge on any atom is -0.489 e. The van der Waals surface area contributed by atoms with Gasteiger partial charge in [0.25, 0.3) is 0 Å². The second kappa shape index (κ2) is 5.44. The third-order valence-corrected chi connectivity index (χ3v) is 3.21. The second-order valence-corrected chi connectivity index (χ2v) is 4.62. The Morgan fingerprint density at radius 3 is 2.47 bits per heavy atom. The molecule has 17 heavy (non-hydrogen) atoms. The first-order chi connectivity index (χ1) is 8.16. The molecule has 0 radical (unpaired) electrons. The van der Waals surface area contributed by atoms with E-state index >= 15 is 0 Å². The van der Waals surface area contributed by atoms with Gasteiger partial charge in [-0.2, -0.15) is 0 Å². The fourth-order valence-electron chi connectivity index (χ4n) is 1.51. The molecule has 0 heterocycles. The Balaban J connectivity index is 2.08. The van der Waals surface area contributed by atoms with Gasteiger partial charge in [-0.3, -0.25) is 0 Å². The van der Waals surface area contributed by atoms with Crippen molar-refractivity contribution in [1.29, 1.82) is 0 Å². The van der Waals surface area contributed by atoms with Crippen molar-refractivity contribution in [1.82, 2.24) is 0 Å². The first kappa shape index (κ1) is 12.3. The number of benzene rings is 2. The Morgan fingerprint density at radius 2 is 1.76 bits per heavy atom. The van der Waals surface area contributed by atoms with Crippen LogP contribution in [0, 0.1) is 6.92 Å². The van der Waals surface area contributed by atoms with Crippen molar-refractivity contribution in [2.24, 2.45) is 0 Å². The lowest BCUT2D eigenvalue weighted by Crippen LogP contribution is -1.96. The number of hydrogen-bond acceptors (Lipinski definition) is 1. The summed E-state index contributed by atoms with van der Waals surface area (Å²) in [4.78, 5) is 0. The number of ether oxygens (including phenoxy) is 1. The van der Waals surface area contributed by atoms with Crippen LogP contribution in [0.5, 0.6) is 5.75 Å². The number of para-hydroxylation sites is 1. The Kier molecular flexibility index (Phi) is 3.93. The van der Waals surface area contributed by atoms with E-state index in [0.29, 0.717) is 16.7 Å². The molecular formula is C14H12Cl2O. The van der Waals surface area contributed by atoms with Gasteiger partial charge >= 0.3 is 0 Å². The van der Waals surface area contributed by atoms with E-state index in [1.54, 1.807) is 6.07 Å². The largest absolute Gasteiger partial charge is 0.489 e. The van der Waals surface area contributed by atoms with Crippen LogP contribution in [-0.4, -0.2) is 0 Å². The molecule has 0 spiro atoms. The highest BCUT2D eigenvalue weighted by Gasteiger charge is 2.02. The Morgan fingerprint density at radius 1 is 1.00 bits per heavy atom. The van der Waals surface area contributed by atoms with E-state index in [4.69, 9.17) is 27.9 Å². The summed E-state index contributed by atoms with van der Waals surface area (Å²) in [6, 6.07) is 13.4. The third-order valence-electron chi connectivity index (χ3n) is 2.47. The molecule has 0 aliphatic carbocycles. The smallest absolute Gasteiger partial charge is 0.122 e. The Labute approximate surface area is 111 Å². The molecule has 0 bridgehead atoms. The minimum absolute atomic E-state index is 0.488. The summed E-state index contributed by atoms with van der Waals surface area (Å²) in [6.07, 6.45) is 0. The fourth-order valence-corrected chi connectivity index (χ4v) is 1.83. The lowest BCUT2D eigenvalue weighted by atomic mass is 10.2. The zero-order chi connectivity index (χ0) is 12.3. The average molecular weight is 267 g/mol. The maximum atomic E-state index is 5.94. The molecule has 0 saturated carbocycles. The molecule has 0 atom stereocenters. The number of halogens is 2. The zero-order valence-electron chi connectivity index (χ0n) is 9.41. The maximum Gasteiger partial charge on any atom is 0.122 e. The molecule has 2 rings (SSSR count). The highest BCUT2D eigenvalue weighted by molar-refractivity contribution is 6.42. The first-order valence-electron chi connectivity index (χ1n) is 5.29. The number of rotatable bonds is 3. The van der Waals surface area contributed by atoms with Crippen molar-refractivity contribution in [3.8, 4) is 5.75 Å². The van der Waals surface area contributed by atoms with Gasteiger partial charge in [-0.15, -0.1) is 0 Å². The summed E-state index contributed by atoms with van der Waals surface area (Å²) in [5.74, 6) is 0.888. The molecule has 0 amide bonds. The van der Waals surface area contributed by atoms with Gasteiger partial charge in [0.1, 0.15) is 12.4 Å². The van der Waals surface area contributed by atoms with E-state index in [1.807, 2.05) is 43.3 Å². The highest BCUT2D eigenvalue weighted by atomic mass is 35.5. The molecule has 2 aromatic carbocycles. The number of hydrogen-bond donors (Lipinski definition) is 0. The summed E-state index contributed by atoms with van der Waals surface area (Å²) in [6.45, 7) is 2.51. The lowest BCUT2D eigenvalue weighted by Gasteiger charge is -2.09. The van der Waals surface area contributed by atoms with Crippen molar-refractivity contribution in [2.45, 2.75) is 13.5 Å². The highest BCUT2D eigenvalue weighted by Crippen LogP contribution is 2.24. The fraction of sp³-hybridized carbons (Fsp3) is 0.143. The van der Waals surface area contributed by atoms with Crippen LogP contribution in [0.25, 0.3) is 0 Å². The van der Waals surface area contributed by atoms with Crippen LogP contribution < -0.4 is 4.74 Å². The molecule has 0 fully saturated rings. The lowest BCUT2D eigenvalue weighted by molar-refractivity contribution is 0.304. The first-order valence-corrected chi connectivity index (χ1v) is 6.05. The van der Waals surface area contributed by atoms with E-state index in [9.17, 15) is 0 Å². The maximum absolute atomic E-state index is 5.94. The topological polar surface area (TPSA) is 9.23 Å². The zero-order valence-corrected chi connectivity index (χ0v) is 10.9. The van der Waals surface area contributed by atoms with Gasteiger partial charge in [0.2, 0.25) is 0 Å². The third kappa shape index (κ3) is 3.15. The summed E-state index contributed by atoms with van der Waals surface area (Å²) >= 11 is 11.8. The second-order valence-electron chi connectivity index (χ2n) is 3.80. The van der Waals surface area contributed by atoms with Crippen LogP contribution in [0.2, 0.25) is 10.0 Å². The molecule has 0 N–H and O–H groups in total. The van der Waals surface area contributed by atoms with Gasteiger partial charge in [-0.05, 0) is 36.2 Å². The predicted molar refractivity (Wildman–Crippen MR) is 72.0 cm³/mol. The normalized spacial score (nSPS) is 10.3. The van der Waals surface area contributed by atoms with E-state index in [2.05, 4.69) is 0 Å². The van der Waals surface area contributed by atoms with Crippen molar-refractivity contribution in [3.63, 3.8) is 0 Å². The molecule has 0 saturated heterocycles. The SMILES string of the molecule is Cc1ccccc1OCc1ccc(Cl)c(Cl)c1. The molecule has 1 nitrogen and oxygen atoms in total. The summed E-state index contributed by atoms with van der Waals surface area (Å²) in [5.41, 5.74) is 2.12. The van der Waals surface area contributed by atoms with E-state index in [1.165, 1.54) is 0 Å². The van der Waals surface area contributed by atoms with Crippen LogP contribution in [0.15, 0.2) is 42.5 Å². The van der Waals surface area contributed by atoms with Crippen LogP contribution in [-0.2, 0) is 6.61 Å². The Hall–Kier alpha value is -1.18. The summed E-state index contributed by atoms with van der Waals surface area (Å²) in [5, 5.41) is 1.11. The molecule has 0 aliphatic rings. The van der Waals surface area contributed by atoms with Crippen molar-refractivity contribution >= 4 is 23.2 Å². The average Bonchev–Trinajstić information content (AvgIpc) is 2.32. The van der Waals surface area contributed by atoms with Gasteiger partial charge in [0.15, 0.2) is 0 Å². The van der Waals surface area contributed by atoms with E-state index < -0.39 is 0 Å². The monoisotopic (exact) mass is 266 g/mol. The van der Waals surface area contributed by atoms with Crippen LogP contribution in [0.4, 0.5) is 0 Å². The number of aryl methyl sites for hydroxylation is 1. The van der Waals surface area contributed by atoms with Crippen LogP contribution in [0.1, 0.15) is 11.1 Å². The van der Waals surface area contributed by atoms with Gasteiger partial charge in [-0.1, -0.05) is 47.5 Å². The van der Waals surface area contributed by atoms with Crippen molar-refractivity contribution in [2.75, 3.05) is 0 Å². The standard InChI is InChI=1S/C14H12Cl2O/c1-10-4-2-3-5-14(10)17-9-11-6-7-12(15)13(16)8-11/h2-8H,9H2,1H3. The molecule has 0 aliphatic heterocycles. The Bertz CT molecular complexity index is 523. The van der Waals surface area contributed by atoms with Gasteiger partial charge < -0.3 is 4.74 Å². The minimum atomic E-state index is 0.488. The molecule has 0 aromatic heterocycles. The van der Waals surface area contributed by atoms with Gasteiger partial charge in [0.05, 0.1) is 10.0 Å². The molecule has 88 valence electrons.